The summed E-state index contributed by atoms with van der Waals surface area (Å²) in [6.07, 6.45) is 11.5. The number of nitrogens with zero attached hydrogens (tertiary/aromatic N) is 1. The fourth-order valence-electron chi connectivity index (χ4n) is 7.08. The lowest BCUT2D eigenvalue weighted by Gasteiger charge is -2.28. The van der Waals surface area contributed by atoms with Gasteiger partial charge in [-0.2, -0.15) is 0 Å². The number of anilines is 3. The number of carbonyl (C=O) groups excluding carboxylic acids is 2. The maximum Gasteiger partial charge on any atom is 0.197 e. The van der Waals surface area contributed by atoms with E-state index in [0.29, 0.717) is 11.1 Å². The summed E-state index contributed by atoms with van der Waals surface area (Å²) in [6, 6.07) is 45.6. The third-order valence-corrected chi connectivity index (χ3v) is 9.48. The van der Waals surface area contributed by atoms with Gasteiger partial charge >= 0.3 is 0 Å². The molecule has 0 N–H and O–H groups in total. The van der Waals surface area contributed by atoms with Crippen LogP contribution < -0.4 is 4.90 Å². The van der Waals surface area contributed by atoms with Gasteiger partial charge in [-0.3, -0.25) is 9.59 Å². The topological polar surface area (TPSA) is 37.4 Å². The van der Waals surface area contributed by atoms with Gasteiger partial charge in [0.25, 0.3) is 0 Å². The molecule has 48 heavy (non-hydrogen) atoms. The minimum absolute atomic E-state index is 0.214. The SMILES string of the molecule is O=C1C(=Cc2ccc3cc(N(c4ccc5ccccc5c4)c4cccc5c4C=CCC=C5)ccc3c2)C(=O)c2cc3ccccc3cc21. The normalized spacial score (nSPS) is 13.6. The molecule has 0 spiro atoms. The first-order valence-electron chi connectivity index (χ1n) is 16.2. The Morgan fingerprint density at radius 1 is 0.500 bits per heavy atom. The van der Waals surface area contributed by atoms with Gasteiger partial charge in [0, 0.05) is 28.1 Å². The molecule has 0 amide bonds. The highest BCUT2D eigenvalue weighted by Gasteiger charge is 2.33. The number of carbonyl (C=O) groups is 2. The van der Waals surface area contributed by atoms with Crippen molar-refractivity contribution in [2.24, 2.45) is 0 Å². The van der Waals surface area contributed by atoms with Crippen LogP contribution in [0.1, 0.15) is 43.8 Å². The van der Waals surface area contributed by atoms with Crippen LogP contribution in [0.4, 0.5) is 17.1 Å². The molecule has 9 rings (SSSR count). The highest BCUT2D eigenvalue weighted by Crippen LogP contribution is 2.41. The molecule has 0 bridgehead atoms. The molecule has 0 aliphatic heterocycles. The van der Waals surface area contributed by atoms with Gasteiger partial charge in [-0.25, -0.2) is 0 Å². The number of fused-ring (bicyclic) bond motifs is 5. The number of rotatable bonds is 4. The van der Waals surface area contributed by atoms with Crippen molar-refractivity contribution in [2.45, 2.75) is 6.42 Å². The number of allylic oxidation sites excluding steroid dienone is 3. The number of hydrogen-bond donors (Lipinski definition) is 0. The second-order valence-corrected chi connectivity index (χ2v) is 12.4. The molecule has 7 aromatic rings. The summed E-state index contributed by atoms with van der Waals surface area (Å²) < 4.78 is 0. The first-order valence-corrected chi connectivity index (χ1v) is 16.2. The summed E-state index contributed by atoms with van der Waals surface area (Å²) in [5.74, 6) is -0.429. The van der Waals surface area contributed by atoms with E-state index in [2.05, 4.69) is 120 Å². The monoisotopic (exact) mass is 615 g/mol. The van der Waals surface area contributed by atoms with Crippen molar-refractivity contribution in [3.05, 3.63) is 179 Å². The Labute approximate surface area is 278 Å². The molecule has 7 aromatic carbocycles. The van der Waals surface area contributed by atoms with Crippen LogP contribution in [0, 0.1) is 0 Å². The van der Waals surface area contributed by atoms with Crippen LogP contribution in [0.25, 0.3) is 50.5 Å². The second-order valence-electron chi connectivity index (χ2n) is 12.4. The van der Waals surface area contributed by atoms with Crippen LogP contribution >= 0.6 is 0 Å². The van der Waals surface area contributed by atoms with Crippen molar-refractivity contribution in [1.29, 1.82) is 0 Å². The average Bonchev–Trinajstić information content (AvgIpc) is 3.27. The lowest BCUT2D eigenvalue weighted by atomic mass is 10.0. The third-order valence-electron chi connectivity index (χ3n) is 9.48. The van der Waals surface area contributed by atoms with Crippen LogP contribution in [0.2, 0.25) is 0 Å². The summed E-state index contributed by atoms with van der Waals surface area (Å²) >= 11 is 0. The quantitative estimate of drug-likeness (QED) is 0.146. The Bertz CT molecular complexity index is 2530. The summed E-state index contributed by atoms with van der Waals surface area (Å²) in [7, 11) is 0. The Morgan fingerprint density at radius 3 is 1.77 bits per heavy atom. The second kappa shape index (κ2) is 11.2. The van der Waals surface area contributed by atoms with Gasteiger partial charge in [0.2, 0.25) is 0 Å². The third kappa shape index (κ3) is 4.68. The van der Waals surface area contributed by atoms with E-state index >= 15 is 0 Å². The first kappa shape index (κ1) is 27.9. The minimum Gasteiger partial charge on any atom is -0.310 e. The lowest BCUT2D eigenvalue weighted by molar-refractivity contribution is 0.0990. The summed E-state index contributed by atoms with van der Waals surface area (Å²) in [5.41, 5.74) is 7.60. The molecule has 0 radical (unpaired) electrons. The Balaban J connectivity index is 1.13. The van der Waals surface area contributed by atoms with Crippen molar-refractivity contribution in [3.63, 3.8) is 0 Å². The van der Waals surface area contributed by atoms with Crippen molar-refractivity contribution in [3.8, 4) is 0 Å². The minimum atomic E-state index is -0.215. The standard InChI is InChI=1S/C45H29NO2/c47-44-40-27-33-12-6-7-13-34(33)28-41(40)45(48)42(44)24-29-17-18-36-26-38(22-20-35(36)23-29)46(37-21-19-30-9-4-5-11-32(30)25-37)43-16-8-14-31-10-2-1-3-15-39(31)43/h2-28H,1H2. The molecule has 0 unspecified atom stereocenters. The van der Waals surface area contributed by atoms with Gasteiger partial charge in [0.05, 0.1) is 11.3 Å². The molecular weight excluding hydrogens is 587 g/mol. The van der Waals surface area contributed by atoms with E-state index in [1.807, 2.05) is 42.5 Å². The molecule has 0 saturated heterocycles. The molecule has 0 atom stereocenters. The van der Waals surface area contributed by atoms with E-state index in [9.17, 15) is 9.59 Å². The molecule has 2 aliphatic carbocycles. The van der Waals surface area contributed by atoms with Crippen molar-refractivity contribution in [1.82, 2.24) is 0 Å². The molecule has 3 heteroatoms. The van der Waals surface area contributed by atoms with Crippen LogP contribution in [0.15, 0.2) is 151 Å². The van der Waals surface area contributed by atoms with Crippen molar-refractivity contribution in [2.75, 3.05) is 4.90 Å². The molecule has 0 heterocycles. The number of benzene rings is 7. The van der Waals surface area contributed by atoms with Gasteiger partial charge in [0.1, 0.15) is 0 Å². The lowest BCUT2D eigenvalue weighted by Crippen LogP contribution is -2.12. The van der Waals surface area contributed by atoms with E-state index < -0.39 is 0 Å². The molecule has 226 valence electrons. The Morgan fingerprint density at radius 2 is 1.06 bits per heavy atom. The van der Waals surface area contributed by atoms with Gasteiger partial charge in [-0.05, 0) is 104 Å². The van der Waals surface area contributed by atoms with E-state index in [1.165, 1.54) is 21.9 Å². The number of ketones is 2. The highest BCUT2D eigenvalue weighted by molar-refractivity contribution is 6.42. The highest BCUT2D eigenvalue weighted by atomic mass is 16.2. The zero-order chi connectivity index (χ0) is 32.2. The zero-order valence-corrected chi connectivity index (χ0v) is 26.1. The van der Waals surface area contributed by atoms with Crippen LogP contribution in [-0.4, -0.2) is 11.6 Å². The Kier molecular flexibility index (Phi) is 6.51. The predicted octanol–water partition coefficient (Wildman–Crippen LogP) is 11.5. The maximum atomic E-state index is 13.4. The van der Waals surface area contributed by atoms with Gasteiger partial charge in [-0.15, -0.1) is 0 Å². The zero-order valence-electron chi connectivity index (χ0n) is 26.1. The molecule has 2 aliphatic rings. The first-order chi connectivity index (χ1) is 23.6. The van der Waals surface area contributed by atoms with E-state index in [1.54, 1.807) is 6.08 Å². The van der Waals surface area contributed by atoms with E-state index in [4.69, 9.17) is 0 Å². The maximum absolute atomic E-state index is 13.4. The Hall–Kier alpha value is -6.32. The van der Waals surface area contributed by atoms with E-state index in [0.717, 1.165) is 50.6 Å². The van der Waals surface area contributed by atoms with E-state index in [-0.39, 0.29) is 17.1 Å². The number of hydrogen-bond acceptors (Lipinski definition) is 3. The summed E-state index contributed by atoms with van der Waals surface area (Å²) in [4.78, 5) is 29.2. The van der Waals surface area contributed by atoms with Gasteiger partial charge in [-0.1, -0.05) is 109 Å². The van der Waals surface area contributed by atoms with Crippen molar-refractivity contribution >= 4 is 79.2 Å². The van der Waals surface area contributed by atoms with Gasteiger partial charge in [0.15, 0.2) is 11.6 Å². The van der Waals surface area contributed by atoms with Crippen LogP contribution in [-0.2, 0) is 0 Å². The fourth-order valence-corrected chi connectivity index (χ4v) is 7.08. The van der Waals surface area contributed by atoms with Crippen molar-refractivity contribution < 1.29 is 9.59 Å². The molecule has 0 saturated carbocycles. The van der Waals surface area contributed by atoms with Crippen LogP contribution in [0.3, 0.4) is 0 Å². The summed E-state index contributed by atoms with van der Waals surface area (Å²) in [6.45, 7) is 0. The molecule has 0 fully saturated rings. The summed E-state index contributed by atoms with van der Waals surface area (Å²) in [5, 5.41) is 6.39. The smallest absolute Gasteiger partial charge is 0.197 e. The van der Waals surface area contributed by atoms with Gasteiger partial charge < -0.3 is 4.90 Å². The largest absolute Gasteiger partial charge is 0.310 e. The predicted molar refractivity (Wildman–Crippen MR) is 199 cm³/mol. The molecule has 3 nitrogen and oxygen atoms in total. The average molecular weight is 616 g/mol. The molecular formula is C45H29NO2. The van der Waals surface area contributed by atoms with Crippen LogP contribution in [0.5, 0.6) is 0 Å². The number of Topliss-reactive ketones (excluding diaryl/α,β-unsaturated/α-hetero) is 2. The molecule has 0 aromatic heterocycles. The fraction of sp³-hybridized carbons (Fsp3) is 0.0222.